The molecule has 0 aliphatic carbocycles. The average molecular weight is 532 g/mol. The van der Waals surface area contributed by atoms with Crippen molar-refractivity contribution in [3.8, 4) is 11.5 Å². The van der Waals surface area contributed by atoms with Crippen molar-refractivity contribution < 1.29 is 27.5 Å². The summed E-state index contributed by atoms with van der Waals surface area (Å²) in [7, 11) is -3.61. The van der Waals surface area contributed by atoms with Crippen molar-refractivity contribution in [3.05, 3.63) is 53.6 Å². The van der Waals surface area contributed by atoms with Gasteiger partial charge in [-0.1, -0.05) is 31.2 Å². The molecule has 0 radical (unpaired) electrons. The molecule has 1 aliphatic rings. The number of fused-ring (bicyclic) bond motifs is 1. The lowest BCUT2D eigenvalue weighted by Gasteiger charge is -2.30. The molecule has 37 heavy (non-hydrogen) atoms. The standard InChI is InChI=1S/C27H37N3O6S/c1-6-20(3)28-27(32)21(4)29(17-22-11-8-7-10-19(22)2)26(31)12-9-15-30(37(5,33)34)23-13-14-24-25(16-23)36-18-35-24/h7-8,10-11,13-14,16,20-21H,6,9,12,15,17-18H2,1-5H3,(H,28,32). The largest absolute Gasteiger partial charge is 0.454 e. The Morgan fingerprint density at radius 3 is 2.46 bits per heavy atom. The van der Waals surface area contributed by atoms with Gasteiger partial charge in [0, 0.05) is 31.6 Å². The molecule has 1 heterocycles. The number of ether oxygens (including phenoxy) is 2. The number of rotatable bonds is 12. The van der Waals surface area contributed by atoms with E-state index < -0.39 is 16.1 Å². The van der Waals surface area contributed by atoms with Crippen LogP contribution < -0.4 is 19.1 Å². The van der Waals surface area contributed by atoms with Crippen LogP contribution in [-0.4, -0.2) is 56.8 Å². The summed E-state index contributed by atoms with van der Waals surface area (Å²) >= 11 is 0. The molecule has 0 saturated heterocycles. The smallest absolute Gasteiger partial charge is 0.242 e. The molecule has 2 aromatic rings. The molecular weight excluding hydrogens is 494 g/mol. The zero-order chi connectivity index (χ0) is 27.2. The number of hydrogen-bond donors (Lipinski definition) is 1. The van der Waals surface area contributed by atoms with Crippen LogP contribution in [-0.2, 0) is 26.2 Å². The van der Waals surface area contributed by atoms with E-state index in [1.807, 2.05) is 45.0 Å². The predicted octanol–water partition coefficient (Wildman–Crippen LogP) is 3.60. The molecule has 0 fully saturated rings. The molecular formula is C27H37N3O6S. The van der Waals surface area contributed by atoms with Gasteiger partial charge in [0.15, 0.2) is 11.5 Å². The van der Waals surface area contributed by atoms with E-state index in [0.29, 0.717) is 23.7 Å². The van der Waals surface area contributed by atoms with E-state index in [-0.39, 0.29) is 44.0 Å². The lowest BCUT2D eigenvalue weighted by Crippen LogP contribution is -2.49. The Morgan fingerprint density at radius 1 is 1.08 bits per heavy atom. The van der Waals surface area contributed by atoms with Gasteiger partial charge in [-0.3, -0.25) is 13.9 Å². The first-order valence-corrected chi connectivity index (χ1v) is 14.4. The van der Waals surface area contributed by atoms with E-state index in [2.05, 4.69) is 5.32 Å². The maximum absolute atomic E-state index is 13.4. The molecule has 0 bridgehead atoms. The van der Waals surface area contributed by atoms with Gasteiger partial charge in [0.1, 0.15) is 6.04 Å². The van der Waals surface area contributed by atoms with Gasteiger partial charge < -0.3 is 19.7 Å². The minimum atomic E-state index is -3.61. The molecule has 2 unspecified atom stereocenters. The van der Waals surface area contributed by atoms with Gasteiger partial charge in [0.25, 0.3) is 0 Å². The molecule has 1 N–H and O–H groups in total. The predicted molar refractivity (Wildman–Crippen MR) is 143 cm³/mol. The molecule has 2 atom stereocenters. The monoisotopic (exact) mass is 531 g/mol. The van der Waals surface area contributed by atoms with E-state index >= 15 is 0 Å². The first-order valence-electron chi connectivity index (χ1n) is 12.5. The Kier molecular flexibility index (Phi) is 9.42. The number of hydrogen-bond acceptors (Lipinski definition) is 6. The van der Waals surface area contributed by atoms with Crippen LogP contribution in [0.1, 0.15) is 51.2 Å². The number of sulfonamides is 1. The quantitative estimate of drug-likeness (QED) is 0.449. The number of amides is 2. The fourth-order valence-corrected chi connectivity index (χ4v) is 5.02. The van der Waals surface area contributed by atoms with E-state index in [0.717, 1.165) is 23.8 Å². The number of anilines is 1. The number of carbonyl (C=O) groups excluding carboxylic acids is 2. The van der Waals surface area contributed by atoms with Gasteiger partial charge in [-0.25, -0.2) is 8.42 Å². The fraction of sp³-hybridized carbons (Fsp3) is 0.481. The number of aryl methyl sites for hydroxylation is 1. The van der Waals surface area contributed by atoms with Crippen LogP contribution in [0.2, 0.25) is 0 Å². The van der Waals surface area contributed by atoms with Crippen molar-refractivity contribution in [1.82, 2.24) is 10.2 Å². The third-order valence-corrected chi connectivity index (χ3v) is 7.76. The van der Waals surface area contributed by atoms with Crippen molar-refractivity contribution in [1.29, 1.82) is 0 Å². The van der Waals surface area contributed by atoms with Gasteiger partial charge in [0.2, 0.25) is 28.6 Å². The van der Waals surface area contributed by atoms with Crippen LogP contribution in [0.3, 0.4) is 0 Å². The van der Waals surface area contributed by atoms with Crippen molar-refractivity contribution in [3.63, 3.8) is 0 Å². The van der Waals surface area contributed by atoms with Crippen LogP contribution in [0.15, 0.2) is 42.5 Å². The summed E-state index contributed by atoms with van der Waals surface area (Å²) in [6, 6.07) is 12.0. The summed E-state index contributed by atoms with van der Waals surface area (Å²) in [6.07, 6.45) is 2.28. The van der Waals surface area contributed by atoms with Gasteiger partial charge in [-0.05, 0) is 56.9 Å². The van der Waals surface area contributed by atoms with Crippen molar-refractivity contribution in [2.45, 2.75) is 65.6 Å². The first kappa shape index (κ1) is 28.3. The second-order valence-electron chi connectivity index (χ2n) is 9.42. The lowest BCUT2D eigenvalue weighted by atomic mass is 10.1. The van der Waals surface area contributed by atoms with E-state index in [1.165, 1.54) is 4.31 Å². The zero-order valence-electron chi connectivity index (χ0n) is 22.2. The van der Waals surface area contributed by atoms with E-state index in [9.17, 15) is 18.0 Å². The molecule has 10 heteroatoms. The zero-order valence-corrected chi connectivity index (χ0v) is 23.0. The van der Waals surface area contributed by atoms with E-state index in [4.69, 9.17) is 9.47 Å². The summed E-state index contributed by atoms with van der Waals surface area (Å²) in [5, 5.41) is 2.96. The van der Waals surface area contributed by atoms with Crippen LogP contribution in [0.4, 0.5) is 5.69 Å². The molecule has 0 aromatic heterocycles. The van der Waals surface area contributed by atoms with Crippen molar-refractivity contribution in [2.75, 3.05) is 23.9 Å². The Bertz CT molecular complexity index is 1220. The van der Waals surface area contributed by atoms with Crippen molar-refractivity contribution in [2.24, 2.45) is 0 Å². The van der Waals surface area contributed by atoms with Crippen LogP contribution in [0.5, 0.6) is 11.5 Å². The van der Waals surface area contributed by atoms with Crippen molar-refractivity contribution >= 4 is 27.5 Å². The Balaban J connectivity index is 1.74. The molecule has 3 rings (SSSR count). The lowest BCUT2D eigenvalue weighted by molar-refractivity contribution is -0.140. The van der Waals surface area contributed by atoms with Crippen LogP contribution >= 0.6 is 0 Å². The molecule has 2 amide bonds. The highest BCUT2D eigenvalue weighted by Gasteiger charge is 2.28. The van der Waals surface area contributed by atoms with Gasteiger partial charge in [-0.2, -0.15) is 0 Å². The summed E-state index contributed by atoms with van der Waals surface area (Å²) < 4.78 is 37.1. The number of nitrogens with zero attached hydrogens (tertiary/aromatic N) is 2. The average Bonchev–Trinajstić information content (AvgIpc) is 3.32. The number of carbonyl (C=O) groups is 2. The fourth-order valence-electron chi connectivity index (χ4n) is 4.06. The second-order valence-corrected chi connectivity index (χ2v) is 11.3. The minimum Gasteiger partial charge on any atom is -0.454 e. The van der Waals surface area contributed by atoms with Gasteiger partial charge in [0.05, 0.1) is 11.9 Å². The summed E-state index contributed by atoms with van der Waals surface area (Å²) in [4.78, 5) is 27.9. The van der Waals surface area contributed by atoms with Gasteiger partial charge in [-0.15, -0.1) is 0 Å². The third kappa shape index (κ3) is 7.38. The first-order chi connectivity index (χ1) is 17.5. The highest BCUT2D eigenvalue weighted by Crippen LogP contribution is 2.36. The minimum absolute atomic E-state index is 0.00427. The molecule has 2 aromatic carbocycles. The maximum atomic E-state index is 13.4. The molecule has 9 nitrogen and oxygen atoms in total. The molecule has 0 spiro atoms. The highest BCUT2D eigenvalue weighted by atomic mass is 32.2. The Hall–Kier alpha value is -3.27. The summed E-state index contributed by atoms with van der Waals surface area (Å²) in [6.45, 7) is 8.09. The summed E-state index contributed by atoms with van der Waals surface area (Å²) in [5.74, 6) is 0.611. The van der Waals surface area contributed by atoms with Gasteiger partial charge >= 0.3 is 0 Å². The topological polar surface area (TPSA) is 105 Å². The Morgan fingerprint density at radius 2 is 1.78 bits per heavy atom. The normalized spacial score (nSPS) is 14.1. The van der Waals surface area contributed by atoms with Crippen LogP contribution in [0, 0.1) is 6.92 Å². The molecule has 0 saturated carbocycles. The SMILES string of the molecule is CCC(C)NC(=O)C(C)N(Cc1ccccc1C)C(=O)CCCN(c1ccc2c(c1)OCO2)S(C)(=O)=O. The maximum Gasteiger partial charge on any atom is 0.242 e. The van der Waals surface area contributed by atoms with Crippen LogP contribution in [0.25, 0.3) is 0 Å². The second kappa shape index (κ2) is 12.3. The number of benzene rings is 2. The third-order valence-electron chi connectivity index (χ3n) is 6.57. The number of nitrogens with one attached hydrogen (secondary N) is 1. The Labute approximate surface area is 219 Å². The van der Waals surface area contributed by atoms with E-state index in [1.54, 1.807) is 30.0 Å². The summed E-state index contributed by atoms with van der Waals surface area (Å²) in [5.41, 5.74) is 2.43. The highest BCUT2D eigenvalue weighted by molar-refractivity contribution is 7.92. The molecule has 202 valence electrons. The molecule has 1 aliphatic heterocycles.